The van der Waals surface area contributed by atoms with Crippen molar-refractivity contribution >= 4 is 26.5 Å². The van der Waals surface area contributed by atoms with Gasteiger partial charge in [-0.1, -0.05) is 74.8 Å². The number of benzene rings is 2. The van der Waals surface area contributed by atoms with E-state index < -0.39 is 79.1 Å². The largest absolute Gasteiger partial charge is 2.00 e. The van der Waals surface area contributed by atoms with E-state index in [0.717, 1.165) is 75.4 Å². The van der Waals surface area contributed by atoms with Crippen LogP contribution in [0.15, 0.2) is 126 Å². The molecule has 1 atom stereocenters. The summed E-state index contributed by atoms with van der Waals surface area (Å²) in [6.45, 7) is 1.46. The Labute approximate surface area is 361 Å². The molecule has 4 aliphatic carbocycles. The van der Waals surface area contributed by atoms with E-state index in [2.05, 4.69) is 6.08 Å². The summed E-state index contributed by atoms with van der Waals surface area (Å²) in [5.74, 6) is 0. The molecule has 0 aromatic heterocycles. The topological polar surface area (TPSA) is 0 Å². The van der Waals surface area contributed by atoms with E-state index in [1.54, 1.807) is 18.2 Å². The fraction of sp³-hybridized carbons (Fsp3) is 0.391. The van der Waals surface area contributed by atoms with Crippen molar-refractivity contribution in [3.8, 4) is 0 Å². The predicted molar refractivity (Wildman–Crippen MR) is 217 cm³/mol. The van der Waals surface area contributed by atoms with Gasteiger partial charge < -0.3 is 0 Å². The second-order valence-corrected chi connectivity index (χ2v) is 20.7. The van der Waals surface area contributed by atoms with Crippen molar-refractivity contribution in [2.24, 2.45) is 0 Å². The van der Waals surface area contributed by atoms with Crippen molar-refractivity contribution in [2.75, 3.05) is 0 Å². The summed E-state index contributed by atoms with van der Waals surface area (Å²) >= 11 is 0. The summed E-state index contributed by atoms with van der Waals surface area (Å²) in [6.07, 6.45) is 2.64. The molecule has 61 heavy (non-hydrogen) atoms. The van der Waals surface area contributed by atoms with Crippen molar-refractivity contribution < 1.29 is 69.8 Å². The van der Waals surface area contributed by atoms with Gasteiger partial charge in [0.1, 0.15) is 0 Å². The van der Waals surface area contributed by atoms with Gasteiger partial charge in [-0.3, -0.25) is 0 Å². The monoisotopic (exact) mass is 942 g/mol. The third kappa shape index (κ3) is 12.1. The molecule has 7 rings (SSSR count). The molecule has 0 unspecified atom stereocenters. The van der Waals surface area contributed by atoms with Crippen LogP contribution >= 0.6 is 15.8 Å². The third-order valence-corrected chi connectivity index (χ3v) is 17.6. The Hall–Kier alpha value is -3.10. The van der Waals surface area contributed by atoms with Crippen molar-refractivity contribution in [3.63, 3.8) is 0 Å². The number of alkyl halides is 12. The Morgan fingerprint density at radius 1 is 0.574 bits per heavy atom. The maximum atomic E-state index is 14.2. The average Bonchev–Trinajstić information content (AvgIpc) is 3.95. The van der Waals surface area contributed by atoms with Crippen molar-refractivity contribution in [3.05, 3.63) is 154 Å². The summed E-state index contributed by atoms with van der Waals surface area (Å²) in [7, 11) is -3.48. The molecule has 330 valence electrons. The molecule has 0 amide bonds. The first-order valence-corrected chi connectivity index (χ1v) is 22.8. The quantitative estimate of drug-likeness (QED) is 0.0958. The molecule has 0 spiro atoms. The molecule has 0 N–H and O–H groups in total. The van der Waals surface area contributed by atoms with Gasteiger partial charge in [0.2, 0.25) is 0 Å². The molecule has 0 nitrogen and oxygen atoms in total. The van der Waals surface area contributed by atoms with Crippen LogP contribution in [0.2, 0.25) is 0 Å². The van der Waals surface area contributed by atoms with Crippen LogP contribution in [-0.2, 0) is 41.8 Å². The zero-order valence-electron chi connectivity index (χ0n) is 33.0. The summed E-state index contributed by atoms with van der Waals surface area (Å²) in [5, 5.41) is -1.30. The van der Waals surface area contributed by atoms with Crippen LogP contribution in [0.4, 0.5) is 52.7 Å². The van der Waals surface area contributed by atoms with Gasteiger partial charge in [-0.15, -0.1) is 43.5 Å². The summed E-state index contributed by atoms with van der Waals surface area (Å²) < 4.78 is 170. The van der Waals surface area contributed by atoms with E-state index in [1.165, 1.54) is 6.92 Å². The molecule has 0 saturated heterocycles. The van der Waals surface area contributed by atoms with Crippen LogP contribution in [-0.4, -0.2) is 17.0 Å². The fourth-order valence-corrected chi connectivity index (χ4v) is 15.4. The van der Waals surface area contributed by atoms with Gasteiger partial charge >= 0.3 is 41.8 Å². The summed E-state index contributed by atoms with van der Waals surface area (Å²) in [6, 6.07) is 11.5. The van der Waals surface area contributed by atoms with Gasteiger partial charge in [-0.05, 0) is 91.9 Å². The first-order valence-electron chi connectivity index (χ1n) is 19.9. The second kappa shape index (κ2) is 20.2. The van der Waals surface area contributed by atoms with Crippen molar-refractivity contribution in [1.29, 1.82) is 0 Å². The number of halogens is 12. The third-order valence-electron chi connectivity index (χ3n) is 11.4. The van der Waals surface area contributed by atoms with Crippen LogP contribution in [0, 0.1) is 5.66 Å². The molecule has 0 radical (unpaired) electrons. The van der Waals surface area contributed by atoms with Gasteiger partial charge in [0, 0.05) is 5.66 Å². The molecule has 15 heteroatoms. The maximum absolute atomic E-state index is 14.2. The molecular formula is C46H44F12FeP2. The van der Waals surface area contributed by atoms with Crippen LogP contribution in [0.1, 0.15) is 93.4 Å². The standard InChI is InChI=1S/C41H39F12P2.C5H5.Fe/c1-25(34-16-10-17-35(34)36-15-8-9-18-37(36)55(30-11-4-2-5-12-30)31-13-6-3-7-14-31)54(32-21-26(38(42,43)44)19-27(22-32)39(45,46)47)33-23-28(40(48,49)50)20-29(24-33)41(51,52)53;1-2-4-5-3-1;/h8-10,15-25,30-31H,2-7,11-14H2,1H3;1-5H;/q2*-1;+2/b36-35+;;/t25-;;/m0../s1. The van der Waals surface area contributed by atoms with Crippen LogP contribution in [0.25, 0.3) is 0 Å². The molecule has 3 aromatic carbocycles. The number of allylic oxidation sites excluding steroid dienone is 10. The molecular weight excluding hydrogens is 898 g/mol. The van der Waals surface area contributed by atoms with E-state index in [0.29, 0.717) is 46.7 Å². The van der Waals surface area contributed by atoms with Crippen LogP contribution in [0.3, 0.4) is 0 Å². The molecule has 3 aromatic rings. The van der Waals surface area contributed by atoms with Gasteiger partial charge in [-0.25, -0.2) is 12.1 Å². The van der Waals surface area contributed by atoms with E-state index >= 15 is 0 Å². The molecule has 2 saturated carbocycles. The molecule has 0 bridgehead atoms. The van der Waals surface area contributed by atoms with Crippen molar-refractivity contribution in [2.45, 2.75) is 113 Å². The predicted octanol–water partition coefficient (Wildman–Crippen LogP) is 15.6. The Morgan fingerprint density at radius 2 is 1.00 bits per heavy atom. The minimum absolute atomic E-state index is 0. The fourth-order valence-electron chi connectivity index (χ4n) is 8.59. The van der Waals surface area contributed by atoms with E-state index in [4.69, 9.17) is 0 Å². The number of rotatable bonds is 7. The minimum atomic E-state index is -5.30. The zero-order chi connectivity index (χ0) is 43.5. The summed E-state index contributed by atoms with van der Waals surface area (Å²) in [5.41, 5.74) is -4.08. The smallest absolute Gasteiger partial charge is 0.214 e. The van der Waals surface area contributed by atoms with E-state index in [1.807, 2.05) is 48.6 Å². The Bertz CT molecular complexity index is 1900. The molecule has 2 fully saturated rings. The number of hydrogen-bond acceptors (Lipinski definition) is 0. The first kappa shape index (κ1) is 48.9. The maximum Gasteiger partial charge on any atom is 2.00 e. The van der Waals surface area contributed by atoms with Crippen LogP contribution in [0.5, 0.6) is 0 Å². The second-order valence-electron chi connectivity index (χ2n) is 15.4. The Morgan fingerprint density at radius 3 is 1.38 bits per heavy atom. The van der Waals surface area contributed by atoms with Gasteiger partial charge in [-0.2, -0.15) is 70.9 Å². The zero-order valence-corrected chi connectivity index (χ0v) is 35.9. The average molecular weight is 943 g/mol. The normalized spacial score (nSPS) is 19.9. The first-order chi connectivity index (χ1) is 28.2. The van der Waals surface area contributed by atoms with Gasteiger partial charge in [0.25, 0.3) is 0 Å². The number of hydrogen-bond donors (Lipinski definition) is 0. The molecule has 4 aliphatic rings. The van der Waals surface area contributed by atoms with E-state index in [-0.39, 0.29) is 29.2 Å². The SMILES string of the molecule is C[C@@H](C1=CC=C/C1=C1/C=CC=C[C-]1P(C1CCCCC1)C1CCCCC1)P(c1cc(C(F)(F)F)cc(C(F)(F)F)c1)c1cc(C(F)(F)F)cc(C(F)(F)F)c1.[Fe+2].c1cc[cH-]c1. The van der Waals surface area contributed by atoms with Crippen molar-refractivity contribution in [1.82, 2.24) is 0 Å². The minimum Gasteiger partial charge on any atom is -0.214 e. The van der Waals surface area contributed by atoms with E-state index in [9.17, 15) is 52.7 Å². The molecule has 0 heterocycles. The van der Waals surface area contributed by atoms with Crippen LogP contribution < -0.4 is 10.6 Å². The van der Waals surface area contributed by atoms with Gasteiger partial charge in [0.05, 0.1) is 22.3 Å². The summed E-state index contributed by atoms with van der Waals surface area (Å²) in [4.78, 5) is 0. The molecule has 0 aliphatic heterocycles. The Kier molecular flexibility index (Phi) is 16.2. The Balaban J connectivity index is 0.00000109. The van der Waals surface area contributed by atoms with Gasteiger partial charge in [0.15, 0.2) is 0 Å².